The first-order valence-corrected chi connectivity index (χ1v) is 14.3. The van der Waals surface area contributed by atoms with Crippen LogP contribution in [0, 0.1) is 0 Å². The van der Waals surface area contributed by atoms with Crippen LogP contribution in [-0.2, 0) is 41.5 Å². The summed E-state index contributed by atoms with van der Waals surface area (Å²) in [4.78, 5) is 53.9. The fourth-order valence-electron chi connectivity index (χ4n) is 4.20. The molecular formula is C31H43N5O6. The van der Waals surface area contributed by atoms with Gasteiger partial charge in [0.1, 0.15) is 12.3 Å². The number of nitrogens with one attached hydrogen (secondary N) is 3. The van der Waals surface area contributed by atoms with Crippen molar-refractivity contribution in [3.63, 3.8) is 0 Å². The van der Waals surface area contributed by atoms with Gasteiger partial charge < -0.3 is 35.1 Å². The predicted octanol–water partition coefficient (Wildman–Crippen LogP) is 0.560. The Bertz CT molecular complexity index is 1130. The summed E-state index contributed by atoms with van der Waals surface area (Å²) in [6, 6.07) is 15.4. The number of carbonyl (C=O) groups is 4. The summed E-state index contributed by atoms with van der Waals surface area (Å²) in [6.45, 7) is 5.44. The van der Waals surface area contributed by atoms with E-state index >= 15 is 0 Å². The van der Waals surface area contributed by atoms with Gasteiger partial charge >= 0.3 is 0 Å². The second-order valence-electron chi connectivity index (χ2n) is 10.6. The molecule has 2 heterocycles. The number of hydrogen-bond acceptors (Lipinski definition) is 8. The zero-order valence-electron chi connectivity index (χ0n) is 24.7. The molecule has 4 rings (SSSR count). The number of epoxide rings is 1. The number of hydrogen-bond donors (Lipinski definition) is 3. The largest absolute Gasteiger partial charge is 0.379 e. The van der Waals surface area contributed by atoms with E-state index < -0.39 is 23.9 Å². The number of anilines is 1. The number of carbonyl (C=O) groups excluding carboxylic acids is 4. The molecule has 3 amide bonds. The minimum atomic E-state index is -0.929. The SMILES string of the molecule is CC1CO1.CN(C)c1ccc(CC(NC(=O)CNC(=O)CN2CCOCC2)C(=O)N[C@H](C=O)Cc2ccccc2)cc1. The molecule has 2 unspecified atom stereocenters. The smallest absolute Gasteiger partial charge is 0.243 e. The Balaban J connectivity index is 0.00000111. The third-order valence-electron chi connectivity index (χ3n) is 6.75. The summed E-state index contributed by atoms with van der Waals surface area (Å²) in [7, 11) is 3.87. The Morgan fingerprint density at radius 2 is 1.57 bits per heavy atom. The van der Waals surface area contributed by atoms with Crippen LogP contribution in [0.4, 0.5) is 5.69 Å². The summed E-state index contributed by atoms with van der Waals surface area (Å²) >= 11 is 0. The molecule has 0 bridgehead atoms. The molecule has 2 aliphatic heterocycles. The molecule has 2 aliphatic rings. The van der Waals surface area contributed by atoms with Crippen LogP contribution >= 0.6 is 0 Å². The van der Waals surface area contributed by atoms with Gasteiger partial charge in [-0.05, 0) is 36.6 Å². The molecule has 3 N–H and O–H groups in total. The first-order valence-electron chi connectivity index (χ1n) is 14.3. The third-order valence-corrected chi connectivity index (χ3v) is 6.75. The molecule has 11 nitrogen and oxygen atoms in total. The van der Waals surface area contributed by atoms with Crippen molar-refractivity contribution >= 4 is 29.7 Å². The molecule has 228 valence electrons. The quantitative estimate of drug-likeness (QED) is 0.231. The van der Waals surface area contributed by atoms with E-state index in [-0.39, 0.29) is 25.4 Å². The van der Waals surface area contributed by atoms with Crippen molar-refractivity contribution in [3.8, 4) is 0 Å². The van der Waals surface area contributed by atoms with Gasteiger partial charge in [0.15, 0.2) is 0 Å². The van der Waals surface area contributed by atoms with Crippen molar-refractivity contribution in [2.24, 2.45) is 0 Å². The summed E-state index contributed by atoms with van der Waals surface area (Å²) in [5, 5.41) is 8.10. The fraction of sp³-hybridized carbons (Fsp3) is 0.484. The molecule has 0 aromatic heterocycles. The summed E-state index contributed by atoms with van der Waals surface area (Å²) < 4.78 is 9.99. The van der Waals surface area contributed by atoms with Gasteiger partial charge in [-0.25, -0.2) is 0 Å². The molecule has 0 spiro atoms. The van der Waals surface area contributed by atoms with E-state index in [4.69, 9.17) is 9.47 Å². The summed E-state index contributed by atoms with van der Waals surface area (Å²) in [5.74, 6) is -1.23. The van der Waals surface area contributed by atoms with Gasteiger partial charge in [0.25, 0.3) is 0 Å². The molecular weight excluding hydrogens is 538 g/mol. The molecule has 2 fully saturated rings. The van der Waals surface area contributed by atoms with Gasteiger partial charge in [-0.1, -0.05) is 42.5 Å². The lowest BCUT2D eigenvalue weighted by molar-refractivity contribution is -0.131. The zero-order chi connectivity index (χ0) is 30.3. The summed E-state index contributed by atoms with van der Waals surface area (Å²) in [5.41, 5.74) is 2.76. The predicted molar refractivity (Wildman–Crippen MR) is 160 cm³/mol. The van der Waals surface area contributed by atoms with Crippen LogP contribution in [0.15, 0.2) is 54.6 Å². The zero-order valence-corrected chi connectivity index (χ0v) is 24.7. The maximum atomic E-state index is 13.2. The normalized spacial score (nSPS) is 17.5. The van der Waals surface area contributed by atoms with Crippen molar-refractivity contribution in [1.82, 2.24) is 20.9 Å². The minimum Gasteiger partial charge on any atom is -0.379 e. The average Bonchev–Trinajstić information content (AvgIpc) is 3.78. The van der Waals surface area contributed by atoms with Crippen molar-refractivity contribution in [2.45, 2.75) is 38.0 Å². The Kier molecular flexibility index (Phi) is 13.4. The van der Waals surface area contributed by atoms with Crippen molar-refractivity contribution in [2.75, 3.05) is 65.0 Å². The third kappa shape index (κ3) is 12.4. The number of amides is 3. The maximum absolute atomic E-state index is 13.2. The number of nitrogens with zero attached hydrogens (tertiary/aromatic N) is 2. The highest BCUT2D eigenvalue weighted by Gasteiger charge is 2.24. The highest BCUT2D eigenvalue weighted by molar-refractivity contribution is 5.91. The second-order valence-corrected chi connectivity index (χ2v) is 10.6. The lowest BCUT2D eigenvalue weighted by Gasteiger charge is -2.25. The molecule has 3 atom stereocenters. The average molecular weight is 582 g/mol. The molecule has 11 heteroatoms. The van der Waals surface area contributed by atoms with Crippen LogP contribution in [0.2, 0.25) is 0 Å². The van der Waals surface area contributed by atoms with Gasteiger partial charge in [0.2, 0.25) is 17.7 Å². The van der Waals surface area contributed by atoms with E-state index in [2.05, 4.69) is 22.9 Å². The molecule has 0 radical (unpaired) electrons. The van der Waals surface area contributed by atoms with Crippen LogP contribution < -0.4 is 20.9 Å². The molecule has 42 heavy (non-hydrogen) atoms. The lowest BCUT2D eigenvalue weighted by Crippen LogP contribution is -2.53. The van der Waals surface area contributed by atoms with E-state index in [0.29, 0.717) is 45.1 Å². The number of aldehydes is 1. The van der Waals surface area contributed by atoms with Crippen molar-refractivity contribution < 1.29 is 28.7 Å². The van der Waals surface area contributed by atoms with Gasteiger partial charge in [0.05, 0.1) is 45.1 Å². The number of benzene rings is 2. The molecule has 2 aromatic rings. The number of morpholine rings is 1. The van der Waals surface area contributed by atoms with E-state index in [1.54, 1.807) is 0 Å². The second kappa shape index (κ2) is 17.2. The number of ether oxygens (including phenoxy) is 2. The van der Waals surface area contributed by atoms with Crippen molar-refractivity contribution in [3.05, 3.63) is 65.7 Å². The maximum Gasteiger partial charge on any atom is 0.243 e. The van der Waals surface area contributed by atoms with Crippen molar-refractivity contribution in [1.29, 1.82) is 0 Å². The standard InChI is InChI=1S/C28H37N5O5.C3H6O/c1-32(2)24-10-8-22(9-11-24)17-25(28(37)30-23(20-34)16-21-6-4-3-5-7-21)31-26(35)18-29-27(36)19-33-12-14-38-15-13-33;1-3-2-4-3/h3-11,20,23,25H,12-19H2,1-2H3,(H,29,36)(H,30,37)(H,31,35);3H,2H2,1H3/t23-,25?;/m0./s1. The molecule has 2 saturated heterocycles. The number of rotatable bonds is 13. The van der Waals surface area contributed by atoms with E-state index in [1.807, 2.05) is 78.5 Å². The van der Waals surface area contributed by atoms with Crippen LogP contribution in [0.5, 0.6) is 0 Å². The van der Waals surface area contributed by atoms with Crippen LogP contribution in [0.3, 0.4) is 0 Å². The topological polar surface area (TPSA) is 133 Å². The Morgan fingerprint density at radius 1 is 0.952 bits per heavy atom. The fourth-order valence-corrected chi connectivity index (χ4v) is 4.20. The highest BCUT2D eigenvalue weighted by atomic mass is 16.6. The Labute approximate surface area is 247 Å². The Hall–Kier alpha value is -3.80. The monoisotopic (exact) mass is 581 g/mol. The van der Waals surface area contributed by atoms with E-state index in [0.717, 1.165) is 23.4 Å². The first kappa shape index (κ1) is 32.7. The van der Waals surface area contributed by atoms with Gasteiger partial charge in [0, 0.05) is 39.3 Å². The minimum absolute atomic E-state index is 0.180. The molecule has 2 aromatic carbocycles. The lowest BCUT2D eigenvalue weighted by atomic mass is 10.0. The Morgan fingerprint density at radius 3 is 2.14 bits per heavy atom. The molecule has 0 saturated carbocycles. The van der Waals surface area contributed by atoms with E-state index in [9.17, 15) is 19.2 Å². The van der Waals surface area contributed by atoms with E-state index in [1.165, 1.54) is 0 Å². The van der Waals surface area contributed by atoms with Gasteiger partial charge in [-0.3, -0.25) is 19.3 Å². The van der Waals surface area contributed by atoms with Crippen LogP contribution in [0.25, 0.3) is 0 Å². The van der Waals surface area contributed by atoms with Crippen LogP contribution in [0.1, 0.15) is 18.1 Å². The van der Waals surface area contributed by atoms with Gasteiger partial charge in [-0.15, -0.1) is 0 Å². The summed E-state index contributed by atoms with van der Waals surface area (Å²) in [6.07, 6.45) is 1.84. The highest BCUT2D eigenvalue weighted by Crippen LogP contribution is 2.14. The van der Waals surface area contributed by atoms with Gasteiger partial charge in [-0.2, -0.15) is 0 Å². The van der Waals surface area contributed by atoms with Crippen LogP contribution in [-0.4, -0.2) is 107 Å². The first-order chi connectivity index (χ1) is 20.2. The molecule has 0 aliphatic carbocycles.